The van der Waals surface area contributed by atoms with Gasteiger partial charge in [-0.15, -0.1) is 0 Å². The van der Waals surface area contributed by atoms with Crippen molar-refractivity contribution >= 4 is 35.5 Å². The zero-order chi connectivity index (χ0) is 21.0. The minimum atomic E-state index is -1.26. The number of amides is 3. The summed E-state index contributed by atoms with van der Waals surface area (Å²) < 4.78 is 0. The first-order valence-corrected chi connectivity index (χ1v) is 10.0. The molecule has 7 N–H and O–H groups in total. The molecule has 10 nitrogen and oxygen atoms in total. The lowest BCUT2D eigenvalue weighted by molar-refractivity contribution is -0.142. The molecule has 3 amide bonds. The van der Waals surface area contributed by atoms with Gasteiger partial charge in [0.05, 0.1) is 13.2 Å². The molecule has 0 heterocycles. The molecule has 0 aromatic heterocycles. The molecule has 0 fully saturated rings. The number of thioether (sulfide) groups is 1. The standard InChI is InChI=1S/C16H30N4O6S/c1-4-9(2)13(15(24)19-10(16(25)26)5-6-27-3)20-14(23)11(8-21)18-12(22)7-17/h9-11,13,21H,4-8,17H2,1-3H3,(H,18,22)(H,19,24)(H,20,23)(H,25,26). The number of aliphatic hydroxyl groups is 1. The molecule has 0 spiro atoms. The first-order valence-electron chi connectivity index (χ1n) is 8.64. The van der Waals surface area contributed by atoms with Gasteiger partial charge in [-0.2, -0.15) is 11.8 Å². The van der Waals surface area contributed by atoms with Crippen LogP contribution in [0.5, 0.6) is 0 Å². The normalized spacial score (nSPS) is 15.1. The Morgan fingerprint density at radius 3 is 2.15 bits per heavy atom. The van der Waals surface area contributed by atoms with E-state index in [0.29, 0.717) is 12.2 Å². The number of aliphatic hydroxyl groups excluding tert-OH is 1. The Balaban J connectivity index is 5.19. The van der Waals surface area contributed by atoms with Crippen LogP contribution in [0.1, 0.15) is 26.7 Å². The van der Waals surface area contributed by atoms with Crippen LogP contribution in [0.15, 0.2) is 0 Å². The summed E-state index contributed by atoms with van der Waals surface area (Å²) in [7, 11) is 0. The first-order chi connectivity index (χ1) is 12.7. The van der Waals surface area contributed by atoms with Crippen molar-refractivity contribution in [2.24, 2.45) is 11.7 Å². The molecule has 0 saturated heterocycles. The van der Waals surface area contributed by atoms with Gasteiger partial charge < -0.3 is 31.9 Å². The lowest BCUT2D eigenvalue weighted by Crippen LogP contribution is -2.58. The Morgan fingerprint density at radius 1 is 1.07 bits per heavy atom. The highest BCUT2D eigenvalue weighted by molar-refractivity contribution is 7.98. The molecule has 0 aliphatic rings. The van der Waals surface area contributed by atoms with Gasteiger partial charge in [0, 0.05) is 0 Å². The number of carboxylic acids is 1. The van der Waals surface area contributed by atoms with E-state index >= 15 is 0 Å². The second-order valence-corrected chi connectivity index (χ2v) is 7.05. The van der Waals surface area contributed by atoms with Crippen LogP contribution in [0.25, 0.3) is 0 Å². The van der Waals surface area contributed by atoms with Crippen LogP contribution in [0.3, 0.4) is 0 Å². The van der Waals surface area contributed by atoms with Crippen molar-refractivity contribution in [2.45, 2.75) is 44.8 Å². The number of carboxylic acid groups (broad SMARTS) is 1. The molecule has 0 aliphatic heterocycles. The predicted octanol–water partition coefficient (Wildman–Crippen LogP) is -1.72. The molecule has 11 heteroatoms. The van der Waals surface area contributed by atoms with E-state index in [-0.39, 0.29) is 18.9 Å². The van der Waals surface area contributed by atoms with Gasteiger partial charge in [0.15, 0.2) is 0 Å². The molecule has 0 aromatic carbocycles. The summed E-state index contributed by atoms with van der Waals surface area (Å²) in [6.45, 7) is 2.53. The highest BCUT2D eigenvalue weighted by Gasteiger charge is 2.31. The van der Waals surface area contributed by atoms with Gasteiger partial charge in [-0.25, -0.2) is 4.79 Å². The van der Waals surface area contributed by atoms with Crippen molar-refractivity contribution in [1.82, 2.24) is 16.0 Å². The number of carbonyl (C=O) groups is 4. The number of nitrogens with one attached hydrogen (secondary N) is 3. The monoisotopic (exact) mass is 406 g/mol. The second-order valence-electron chi connectivity index (χ2n) is 6.06. The Labute approximate surface area is 163 Å². The van der Waals surface area contributed by atoms with Crippen LogP contribution in [0, 0.1) is 5.92 Å². The van der Waals surface area contributed by atoms with Crippen molar-refractivity contribution in [2.75, 3.05) is 25.2 Å². The highest BCUT2D eigenvalue weighted by atomic mass is 32.2. The van der Waals surface area contributed by atoms with Gasteiger partial charge in [0.2, 0.25) is 17.7 Å². The lowest BCUT2D eigenvalue weighted by Gasteiger charge is -2.27. The number of nitrogens with two attached hydrogens (primary N) is 1. The van der Waals surface area contributed by atoms with Crippen molar-refractivity contribution in [3.8, 4) is 0 Å². The number of carbonyl (C=O) groups excluding carboxylic acids is 3. The molecule has 4 unspecified atom stereocenters. The summed E-state index contributed by atoms with van der Waals surface area (Å²) in [6, 6.07) is -3.34. The minimum Gasteiger partial charge on any atom is -0.480 e. The van der Waals surface area contributed by atoms with Gasteiger partial charge in [-0.3, -0.25) is 14.4 Å². The van der Waals surface area contributed by atoms with Crippen LogP contribution in [-0.4, -0.2) is 77.2 Å². The first kappa shape index (κ1) is 25.1. The van der Waals surface area contributed by atoms with Gasteiger partial charge >= 0.3 is 5.97 Å². The molecule has 0 aliphatic carbocycles. The maximum atomic E-state index is 12.6. The summed E-state index contributed by atoms with van der Waals surface area (Å²) >= 11 is 1.46. The zero-order valence-corrected chi connectivity index (χ0v) is 16.7. The number of rotatable bonds is 13. The SMILES string of the molecule is CCC(C)C(NC(=O)C(CO)NC(=O)CN)C(=O)NC(CCSC)C(=O)O. The third kappa shape index (κ3) is 9.07. The molecule has 156 valence electrons. The van der Waals surface area contributed by atoms with E-state index < -0.39 is 48.4 Å². The number of aliphatic carboxylic acids is 1. The Bertz CT molecular complexity index is 519. The fourth-order valence-electron chi connectivity index (χ4n) is 2.16. The van der Waals surface area contributed by atoms with Crippen LogP contribution in [0.4, 0.5) is 0 Å². The molecule has 0 aromatic rings. The summed E-state index contributed by atoms with van der Waals surface area (Å²) in [5, 5.41) is 25.7. The van der Waals surface area contributed by atoms with E-state index in [4.69, 9.17) is 5.73 Å². The fourth-order valence-corrected chi connectivity index (χ4v) is 2.63. The molecule has 27 heavy (non-hydrogen) atoms. The Kier molecular flexibility index (Phi) is 12.4. The summed E-state index contributed by atoms with van der Waals surface area (Å²) in [5.74, 6) is -2.92. The summed E-state index contributed by atoms with van der Waals surface area (Å²) in [5.41, 5.74) is 5.17. The quantitative estimate of drug-likeness (QED) is 0.210. The van der Waals surface area contributed by atoms with Crippen molar-refractivity contribution in [1.29, 1.82) is 0 Å². The summed E-state index contributed by atoms with van der Waals surface area (Å²) in [6.07, 6.45) is 2.61. The third-order valence-corrected chi connectivity index (χ3v) is 4.68. The van der Waals surface area contributed by atoms with Gasteiger partial charge in [0.25, 0.3) is 0 Å². The molecule has 0 bridgehead atoms. The molecule has 0 radical (unpaired) electrons. The molecule has 4 atom stereocenters. The molecule has 0 saturated carbocycles. The van der Waals surface area contributed by atoms with Crippen molar-refractivity contribution < 1.29 is 29.4 Å². The molecular weight excluding hydrogens is 376 g/mol. The van der Waals surface area contributed by atoms with Gasteiger partial charge in [-0.1, -0.05) is 20.3 Å². The van der Waals surface area contributed by atoms with E-state index in [9.17, 15) is 29.4 Å². The minimum absolute atomic E-state index is 0.245. The summed E-state index contributed by atoms with van der Waals surface area (Å²) in [4.78, 5) is 47.6. The topological polar surface area (TPSA) is 171 Å². The van der Waals surface area contributed by atoms with E-state index in [1.807, 2.05) is 13.2 Å². The van der Waals surface area contributed by atoms with E-state index in [0.717, 1.165) is 0 Å². The number of hydrogen-bond acceptors (Lipinski definition) is 7. The largest absolute Gasteiger partial charge is 0.480 e. The fraction of sp³-hybridized carbons (Fsp3) is 0.750. The maximum Gasteiger partial charge on any atom is 0.326 e. The lowest BCUT2D eigenvalue weighted by atomic mass is 9.97. The van der Waals surface area contributed by atoms with E-state index in [1.165, 1.54) is 11.8 Å². The van der Waals surface area contributed by atoms with Gasteiger partial charge in [-0.05, 0) is 24.3 Å². The average molecular weight is 407 g/mol. The zero-order valence-electron chi connectivity index (χ0n) is 15.9. The van der Waals surface area contributed by atoms with Gasteiger partial charge in [0.1, 0.15) is 18.1 Å². The van der Waals surface area contributed by atoms with Crippen molar-refractivity contribution in [3.63, 3.8) is 0 Å². The van der Waals surface area contributed by atoms with E-state index in [1.54, 1.807) is 6.92 Å². The third-order valence-electron chi connectivity index (χ3n) is 4.04. The van der Waals surface area contributed by atoms with Crippen molar-refractivity contribution in [3.05, 3.63) is 0 Å². The molecular formula is C16H30N4O6S. The second kappa shape index (κ2) is 13.3. The maximum absolute atomic E-state index is 12.6. The smallest absolute Gasteiger partial charge is 0.326 e. The average Bonchev–Trinajstić information content (AvgIpc) is 2.65. The Morgan fingerprint density at radius 2 is 1.70 bits per heavy atom. The molecule has 0 rings (SSSR count). The Hall–Kier alpha value is -1.85. The highest BCUT2D eigenvalue weighted by Crippen LogP contribution is 2.10. The van der Waals surface area contributed by atoms with E-state index in [2.05, 4.69) is 16.0 Å². The number of hydrogen-bond donors (Lipinski definition) is 6. The van der Waals surface area contributed by atoms with Crippen LogP contribution in [-0.2, 0) is 19.2 Å². The predicted molar refractivity (Wildman–Crippen MR) is 102 cm³/mol. The van der Waals surface area contributed by atoms with Crippen LogP contribution in [0.2, 0.25) is 0 Å². The van der Waals surface area contributed by atoms with Crippen LogP contribution < -0.4 is 21.7 Å². The van der Waals surface area contributed by atoms with Crippen LogP contribution >= 0.6 is 11.8 Å².